The van der Waals surface area contributed by atoms with Crippen LogP contribution in [-0.4, -0.2) is 31.3 Å². The molecule has 1 aromatic rings. The number of phenols is 1. The van der Waals surface area contributed by atoms with Gasteiger partial charge in [0.05, 0.1) is 16.9 Å². The summed E-state index contributed by atoms with van der Waals surface area (Å²) in [6.07, 6.45) is 0. The Bertz CT molecular complexity index is 387. The summed E-state index contributed by atoms with van der Waals surface area (Å²) in [5, 5.41) is 9.52. The van der Waals surface area contributed by atoms with Crippen molar-refractivity contribution in [3.63, 3.8) is 0 Å². The van der Waals surface area contributed by atoms with Crippen LogP contribution in [0.2, 0.25) is 0 Å². The van der Waals surface area contributed by atoms with Gasteiger partial charge in [-0.05, 0) is 26.0 Å². The molecule has 0 amide bonds. The quantitative estimate of drug-likeness (QED) is 0.704. The predicted octanol–water partition coefficient (Wildman–Crippen LogP) is 2.06. The monoisotopic (exact) mass is 206 g/mol. The van der Waals surface area contributed by atoms with Gasteiger partial charge in [0.25, 0.3) is 0 Å². The van der Waals surface area contributed by atoms with Gasteiger partial charge in [0.15, 0.2) is 0 Å². The van der Waals surface area contributed by atoms with E-state index in [0.29, 0.717) is 5.75 Å². The SMILES string of the molecule is CN1CC(C)(C)N(C)c2cc(O)ccc21. The third-order valence-corrected chi connectivity index (χ3v) is 3.26. The van der Waals surface area contributed by atoms with E-state index in [-0.39, 0.29) is 5.54 Å². The molecule has 1 aliphatic heterocycles. The highest BCUT2D eigenvalue weighted by atomic mass is 16.3. The highest BCUT2D eigenvalue weighted by Crippen LogP contribution is 2.39. The van der Waals surface area contributed by atoms with E-state index in [9.17, 15) is 5.11 Å². The number of aromatic hydroxyl groups is 1. The molecule has 2 rings (SSSR count). The van der Waals surface area contributed by atoms with Crippen molar-refractivity contribution in [2.45, 2.75) is 19.4 Å². The van der Waals surface area contributed by atoms with Crippen molar-refractivity contribution in [1.82, 2.24) is 0 Å². The summed E-state index contributed by atoms with van der Waals surface area (Å²) in [5.41, 5.74) is 2.36. The molecule has 0 bridgehead atoms. The van der Waals surface area contributed by atoms with Crippen LogP contribution in [0.4, 0.5) is 11.4 Å². The molecule has 0 spiro atoms. The van der Waals surface area contributed by atoms with Gasteiger partial charge < -0.3 is 14.9 Å². The molecule has 15 heavy (non-hydrogen) atoms. The minimum atomic E-state index is 0.0928. The number of phenolic OH excluding ortho intramolecular Hbond substituents is 1. The van der Waals surface area contributed by atoms with Gasteiger partial charge in [-0.1, -0.05) is 0 Å². The average Bonchev–Trinajstić information content (AvgIpc) is 2.13. The summed E-state index contributed by atoms with van der Waals surface area (Å²) in [6, 6.07) is 5.53. The second-order valence-corrected chi connectivity index (χ2v) is 4.90. The van der Waals surface area contributed by atoms with Crippen molar-refractivity contribution in [3.8, 4) is 5.75 Å². The van der Waals surface area contributed by atoms with E-state index >= 15 is 0 Å². The molecule has 0 fully saturated rings. The highest BCUT2D eigenvalue weighted by Gasteiger charge is 2.32. The highest BCUT2D eigenvalue weighted by molar-refractivity contribution is 5.75. The van der Waals surface area contributed by atoms with Crippen molar-refractivity contribution in [1.29, 1.82) is 0 Å². The van der Waals surface area contributed by atoms with E-state index in [0.717, 1.165) is 12.2 Å². The molecule has 0 unspecified atom stereocenters. The van der Waals surface area contributed by atoms with Crippen molar-refractivity contribution in [2.24, 2.45) is 0 Å². The first kappa shape index (κ1) is 10.1. The van der Waals surface area contributed by atoms with Crippen LogP contribution in [0.25, 0.3) is 0 Å². The van der Waals surface area contributed by atoms with Gasteiger partial charge in [-0.2, -0.15) is 0 Å². The lowest BCUT2D eigenvalue weighted by Gasteiger charge is -2.47. The summed E-state index contributed by atoms with van der Waals surface area (Å²) >= 11 is 0. The topological polar surface area (TPSA) is 26.7 Å². The van der Waals surface area contributed by atoms with E-state index < -0.39 is 0 Å². The van der Waals surface area contributed by atoms with Crippen LogP contribution >= 0.6 is 0 Å². The number of hydrogen-bond acceptors (Lipinski definition) is 3. The van der Waals surface area contributed by atoms with Crippen LogP contribution in [0.5, 0.6) is 5.75 Å². The third kappa shape index (κ3) is 1.52. The minimum absolute atomic E-state index is 0.0928. The maximum Gasteiger partial charge on any atom is 0.117 e. The number of anilines is 2. The number of rotatable bonds is 0. The van der Waals surface area contributed by atoms with Gasteiger partial charge >= 0.3 is 0 Å². The molecule has 1 aliphatic rings. The fourth-order valence-electron chi connectivity index (χ4n) is 2.20. The molecule has 1 N–H and O–H groups in total. The van der Waals surface area contributed by atoms with Crippen LogP contribution in [0.15, 0.2) is 18.2 Å². The maximum atomic E-state index is 9.52. The zero-order chi connectivity index (χ0) is 11.2. The van der Waals surface area contributed by atoms with Crippen molar-refractivity contribution >= 4 is 11.4 Å². The smallest absolute Gasteiger partial charge is 0.117 e. The summed E-state index contributed by atoms with van der Waals surface area (Å²) in [4.78, 5) is 4.46. The molecular formula is C12H18N2O. The van der Waals surface area contributed by atoms with Gasteiger partial charge in [-0.3, -0.25) is 0 Å². The summed E-state index contributed by atoms with van der Waals surface area (Å²) in [6.45, 7) is 5.40. The summed E-state index contributed by atoms with van der Waals surface area (Å²) in [7, 11) is 4.16. The van der Waals surface area contributed by atoms with Crippen molar-refractivity contribution in [3.05, 3.63) is 18.2 Å². The number of hydrogen-bond donors (Lipinski definition) is 1. The molecule has 0 saturated heterocycles. The Balaban J connectivity index is 2.55. The fraction of sp³-hybridized carbons (Fsp3) is 0.500. The van der Waals surface area contributed by atoms with E-state index in [4.69, 9.17) is 0 Å². The van der Waals surface area contributed by atoms with Crippen LogP contribution in [0, 0.1) is 0 Å². The molecule has 0 saturated carbocycles. The average molecular weight is 206 g/mol. The Morgan fingerprint density at radius 2 is 1.87 bits per heavy atom. The van der Waals surface area contributed by atoms with Gasteiger partial charge in [-0.15, -0.1) is 0 Å². The molecule has 1 aromatic carbocycles. The lowest BCUT2D eigenvalue weighted by molar-refractivity contribution is 0.462. The number of likely N-dealkylation sites (N-methyl/N-ethyl adjacent to an activating group) is 2. The Kier molecular flexibility index (Phi) is 2.07. The lowest BCUT2D eigenvalue weighted by Crippen LogP contribution is -2.53. The molecular weight excluding hydrogens is 188 g/mol. The minimum Gasteiger partial charge on any atom is -0.508 e. The number of benzene rings is 1. The van der Waals surface area contributed by atoms with E-state index in [1.165, 1.54) is 5.69 Å². The molecule has 0 atom stereocenters. The van der Waals surface area contributed by atoms with E-state index in [2.05, 4.69) is 37.7 Å². The zero-order valence-electron chi connectivity index (χ0n) is 9.78. The molecule has 3 heteroatoms. The third-order valence-electron chi connectivity index (χ3n) is 3.26. The van der Waals surface area contributed by atoms with Crippen LogP contribution in [0.1, 0.15) is 13.8 Å². The molecule has 0 radical (unpaired) electrons. The molecule has 0 aromatic heterocycles. The Labute approximate surface area is 90.9 Å². The van der Waals surface area contributed by atoms with Crippen LogP contribution < -0.4 is 9.80 Å². The predicted molar refractivity (Wildman–Crippen MR) is 63.9 cm³/mol. The normalized spacial score (nSPS) is 18.9. The van der Waals surface area contributed by atoms with E-state index in [1.807, 2.05) is 12.1 Å². The summed E-state index contributed by atoms with van der Waals surface area (Å²) < 4.78 is 0. The lowest BCUT2D eigenvalue weighted by atomic mass is 9.97. The Morgan fingerprint density at radius 1 is 1.20 bits per heavy atom. The first-order valence-corrected chi connectivity index (χ1v) is 5.20. The Morgan fingerprint density at radius 3 is 2.53 bits per heavy atom. The van der Waals surface area contributed by atoms with E-state index in [1.54, 1.807) is 6.07 Å². The molecule has 1 heterocycles. The molecule has 0 aliphatic carbocycles. The second kappa shape index (κ2) is 3.05. The second-order valence-electron chi connectivity index (χ2n) is 4.90. The largest absolute Gasteiger partial charge is 0.508 e. The molecule has 3 nitrogen and oxygen atoms in total. The van der Waals surface area contributed by atoms with Gasteiger partial charge in [0.1, 0.15) is 5.75 Å². The summed E-state index contributed by atoms with van der Waals surface area (Å²) in [5.74, 6) is 0.326. The van der Waals surface area contributed by atoms with Crippen molar-refractivity contribution < 1.29 is 5.11 Å². The van der Waals surface area contributed by atoms with Crippen LogP contribution in [0.3, 0.4) is 0 Å². The number of nitrogens with zero attached hydrogens (tertiary/aromatic N) is 2. The van der Waals surface area contributed by atoms with Gasteiger partial charge in [0, 0.05) is 26.7 Å². The maximum absolute atomic E-state index is 9.52. The molecule has 82 valence electrons. The zero-order valence-corrected chi connectivity index (χ0v) is 9.78. The van der Waals surface area contributed by atoms with Crippen molar-refractivity contribution in [2.75, 3.05) is 30.4 Å². The first-order chi connectivity index (χ1) is 6.92. The number of fused-ring (bicyclic) bond motifs is 1. The Hall–Kier alpha value is -1.38. The first-order valence-electron chi connectivity index (χ1n) is 5.20. The standard InChI is InChI=1S/C12H18N2O/c1-12(2)8-13(3)10-6-5-9(15)7-11(10)14(12)4/h5-7,15H,8H2,1-4H3. The van der Waals surface area contributed by atoms with Crippen LogP contribution in [-0.2, 0) is 0 Å². The van der Waals surface area contributed by atoms with Gasteiger partial charge in [-0.25, -0.2) is 0 Å². The fourth-order valence-corrected chi connectivity index (χ4v) is 2.20. The van der Waals surface area contributed by atoms with Gasteiger partial charge in [0.2, 0.25) is 0 Å².